The number of amides is 1. The molecule has 1 amide bonds. The van der Waals surface area contributed by atoms with Crippen molar-refractivity contribution in [1.29, 1.82) is 0 Å². The molecule has 1 aliphatic heterocycles. The van der Waals surface area contributed by atoms with Gasteiger partial charge in [0.15, 0.2) is 0 Å². The highest BCUT2D eigenvalue weighted by Gasteiger charge is 2.24. The summed E-state index contributed by atoms with van der Waals surface area (Å²) in [6, 6.07) is 9.77. The standard InChI is InChI=1S/C13H17NO3/c1-11-9-16-8-7-14(11)13(15)17-10-12-5-3-2-4-6-12/h2-6,11H,7-10H2,1H3/t11-/m1/s1. The van der Waals surface area contributed by atoms with Gasteiger partial charge in [0.05, 0.1) is 19.3 Å². The Labute approximate surface area is 101 Å². The van der Waals surface area contributed by atoms with Gasteiger partial charge in [0.2, 0.25) is 0 Å². The smallest absolute Gasteiger partial charge is 0.410 e. The Morgan fingerprint density at radius 3 is 2.94 bits per heavy atom. The second-order valence-corrected chi connectivity index (χ2v) is 4.16. The minimum Gasteiger partial charge on any atom is -0.445 e. The van der Waals surface area contributed by atoms with Crippen LogP contribution in [0.25, 0.3) is 0 Å². The van der Waals surface area contributed by atoms with Crippen molar-refractivity contribution in [3.05, 3.63) is 35.9 Å². The molecule has 1 aliphatic rings. The van der Waals surface area contributed by atoms with Crippen LogP contribution in [0.5, 0.6) is 0 Å². The summed E-state index contributed by atoms with van der Waals surface area (Å²) in [6.45, 7) is 4.06. The van der Waals surface area contributed by atoms with E-state index in [2.05, 4.69) is 0 Å². The zero-order valence-corrected chi connectivity index (χ0v) is 9.96. The Balaban J connectivity index is 1.84. The van der Waals surface area contributed by atoms with E-state index in [-0.39, 0.29) is 12.1 Å². The Bertz CT molecular complexity index is 366. The number of ether oxygens (including phenoxy) is 2. The van der Waals surface area contributed by atoms with Crippen LogP contribution in [0.2, 0.25) is 0 Å². The quantitative estimate of drug-likeness (QED) is 0.787. The summed E-state index contributed by atoms with van der Waals surface area (Å²) in [5, 5.41) is 0. The van der Waals surface area contributed by atoms with Gasteiger partial charge in [-0.1, -0.05) is 30.3 Å². The molecule has 1 heterocycles. The van der Waals surface area contributed by atoms with Crippen LogP contribution >= 0.6 is 0 Å². The number of nitrogens with zero attached hydrogens (tertiary/aromatic N) is 1. The molecular weight excluding hydrogens is 218 g/mol. The molecule has 1 aromatic rings. The first kappa shape index (κ1) is 11.9. The fourth-order valence-corrected chi connectivity index (χ4v) is 1.80. The van der Waals surface area contributed by atoms with Gasteiger partial charge in [-0.05, 0) is 12.5 Å². The molecule has 0 aliphatic carbocycles. The highest BCUT2D eigenvalue weighted by atomic mass is 16.6. The van der Waals surface area contributed by atoms with E-state index in [9.17, 15) is 4.79 Å². The van der Waals surface area contributed by atoms with Crippen molar-refractivity contribution >= 4 is 6.09 Å². The van der Waals surface area contributed by atoms with Gasteiger partial charge in [0.1, 0.15) is 6.61 Å². The van der Waals surface area contributed by atoms with E-state index in [0.717, 1.165) is 5.56 Å². The van der Waals surface area contributed by atoms with E-state index in [0.29, 0.717) is 26.4 Å². The molecule has 17 heavy (non-hydrogen) atoms. The fraction of sp³-hybridized carbons (Fsp3) is 0.462. The summed E-state index contributed by atoms with van der Waals surface area (Å²) in [4.78, 5) is 13.5. The number of hydrogen-bond donors (Lipinski definition) is 0. The summed E-state index contributed by atoms with van der Waals surface area (Å²) >= 11 is 0. The third-order valence-electron chi connectivity index (χ3n) is 2.81. The van der Waals surface area contributed by atoms with Crippen molar-refractivity contribution in [2.24, 2.45) is 0 Å². The average Bonchev–Trinajstić information content (AvgIpc) is 2.38. The maximum Gasteiger partial charge on any atom is 0.410 e. The second kappa shape index (κ2) is 5.68. The first-order chi connectivity index (χ1) is 8.27. The predicted octanol–water partition coefficient (Wildman–Crippen LogP) is 2.04. The molecule has 0 unspecified atom stereocenters. The zero-order chi connectivity index (χ0) is 12.1. The lowest BCUT2D eigenvalue weighted by atomic mass is 10.2. The highest BCUT2D eigenvalue weighted by molar-refractivity contribution is 5.68. The number of benzene rings is 1. The number of rotatable bonds is 2. The molecule has 2 rings (SSSR count). The molecule has 4 nitrogen and oxygen atoms in total. The maximum atomic E-state index is 11.8. The molecule has 0 bridgehead atoms. The topological polar surface area (TPSA) is 38.8 Å². The van der Waals surface area contributed by atoms with Crippen molar-refractivity contribution in [2.75, 3.05) is 19.8 Å². The Kier molecular flexibility index (Phi) is 3.98. The van der Waals surface area contributed by atoms with Crippen molar-refractivity contribution in [3.8, 4) is 0 Å². The Morgan fingerprint density at radius 1 is 1.47 bits per heavy atom. The lowest BCUT2D eigenvalue weighted by molar-refractivity contribution is -0.00483. The maximum absolute atomic E-state index is 11.8. The van der Waals surface area contributed by atoms with Gasteiger partial charge in [0, 0.05) is 6.54 Å². The molecule has 92 valence electrons. The van der Waals surface area contributed by atoms with Crippen LogP contribution in [-0.4, -0.2) is 36.8 Å². The molecule has 0 aromatic heterocycles. The molecule has 4 heteroatoms. The van der Waals surface area contributed by atoms with Crippen LogP contribution < -0.4 is 0 Å². The molecule has 1 fully saturated rings. The number of morpholine rings is 1. The summed E-state index contributed by atoms with van der Waals surface area (Å²) in [7, 11) is 0. The first-order valence-electron chi connectivity index (χ1n) is 5.82. The molecule has 0 N–H and O–H groups in total. The van der Waals surface area contributed by atoms with Crippen molar-refractivity contribution < 1.29 is 14.3 Å². The predicted molar refractivity (Wildman–Crippen MR) is 63.6 cm³/mol. The molecule has 1 aromatic carbocycles. The highest BCUT2D eigenvalue weighted by Crippen LogP contribution is 2.09. The van der Waals surface area contributed by atoms with Crippen LogP contribution in [0, 0.1) is 0 Å². The van der Waals surface area contributed by atoms with Gasteiger partial charge < -0.3 is 14.4 Å². The summed E-state index contributed by atoms with van der Waals surface area (Å²) in [5.41, 5.74) is 1.00. The van der Waals surface area contributed by atoms with E-state index in [4.69, 9.17) is 9.47 Å². The first-order valence-corrected chi connectivity index (χ1v) is 5.82. The average molecular weight is 235 g/mol. The van der Waals surface area contributed by atoms with Crippen LogP contribution in [0.4, 0.5) is 4.79 Å². The number of carbonyl (C=O) groups excluding carboxylic acids is 1. The van der Waals surface area contributed by atoms with Crippen LogP contribution in [-0.2, 0) is 16.1 Å². The Hall–Kier alpha value is -1.55. The van der Waals surface area contributed by atoms with Gasteiger partial charge >= 0.3 is 6.09 Å². The van der Waals surface area contributed by atoms with Crippen LogP contribution in [0.3, 0.4) is 0 Å². The third-order valence-corrected chi connectivity index (χ3v) is 2.81. The molecule has 0 saturated carbocycles. The van der Waals surface area contributed by atoms with Gasteiger partial charge in [-0.3, -0.25) is 0 Å². The van der Waals surface area contributed by atoms with Crippen LogP contribution in [0.15, 0.2) is 30.3 Å². The Morgan fingerprint density at radius 2 is 2.24 bits per heavy atom. The number of carbonyl (C=O) groups is 1. The summed E-state index contributed by atoms with van der Waals surface area (Å²) < 4.78 is 10.5. The van der Waals surface area contributed by atoms with E-state index in [1.807, 2.05) is 37.3 Å². The van der Waals surface area contributed by atoms with Gasteiger partial charge in [0.25, 0.3) is 0 Å². The van der Waals surface area contributed by atoms with Crippen molar-refractivity contribution in [2.45, 2.75) is 19.6 Å². The lowest BCUT2D eigenvalue weighted by Gasteiger charge is -2.32. The SMILES string of the molecule is C[C@@H]1COCCN1C(=O)OCc1ccccc1. The number of hydrogen-bond acceptors (Lipinski definition) is 3. The zero-order valence-electron chi connectivity index (χ0n) is 9.96. The van der Waals surface area contributed by atoms with Gasteiger partial charge in [-0.2, -0.15) is 0 Å². The second-order valence-electron chi connectivity index (χ2n) is 4.16. The van der Waals surface area contributed by atoms with E-state index in [1.54, 1.807) is 4.90 Å². The van der Waals surface area contributed by atoms with E-state index < -0.39 is 0 Å². The van der Waals surface area contributed by atoms with Gasteiger partial charge in [-0.15, -0.1) is 0 Å². The summed E-state index contributed by atoms with van der Waals surface area (Å²) in [5.74, 6) is 0. The third kappa shape index (κ3) is 3.20. The molecular formula is C13H17NO3. The fourth-order valence-electron chi connectivity index (χ4n) is 1.80. The molecule has 1 atom stereocenters. The van der Waals surface area contributed by atoms with E-state index in [1.165, 1.54) is 0 Å². The lowest BCUT2D eigenvalue weighted by Crippen LogP contribution is -2.47. The molecule has 1 saturated heterocycles. The summed E-state index contributed by atoms with van der Waals surface area (Å²) in [6.07, 6.45) is -0.260. The minimum absolute atomic E-state index is 0.0898. The molecule has 0 spiro atoms. The van der Waals surface area contributed by atoms with Crippen molar-refractivity contribution in [1.82, 2.24) is 4.90 Å². The molecule has 0 radical (unpaired) electrons. The van der Waals surface area contributed by atoms with Crippen molar-refractivity contribution in [3.63, 3.8) is 0 Å². The normalized spacial score (nSPS) is 20.1. The van der Waals surface area contributed by atoms with E-state index >= 15 is 0 Å². The monoisotopic (exact) mass is 235 g/mol. The minimum atomic E-state index is -0.260. The largest absolute Gasteiger partial charge is 0.445 e. The van der Waals surface area contributed by atoms with Gasteiger partial charge in [-0.25, -0.2) is 4.79 Å². The van der Waals surface area contributed by atoms with Crippen LogP contribution in [0.1, 0.15) is 12.5 Å².